The molecule has 0 aliphatic heterocycles. The Morgan fingerprint density at radius 1 is 1.25 bits per heavy atom. The maximum absolute atomic E-state index is 12.8. The third-order valence-electron chi connectivity index (χ3n) is 1.57. The van der Waals surface area contributed by atoms with Gasteiger partial charge in [-0.3, -0.25) is 0 Å². The maximum Gasteiger partial charge on any atom is 0.164 e. The molecule has 0 fully saturated rings. The summed E-state index contributed by atoms with van der Waals surface area (Å²) in [6, 6.07) is 2.35. The fourth-order valence-corrected chi connectivity index (χ4v) is 1.43. The summed E-state index contributed by atoms with van der Waals surface area (Å²) in [6.07, 6.45) is 0. The molecule has 0 bridgehead atoms. The zero-order valence-electron chi connectivity index (χ0n) is 6.08. The van der Waals surface area contributed by atoms with Gasteiger partial charge < -0.3 is 0 Å². The average Bonchev–Trinajstić information content (AvgIpc) is 2.09. The van der Waals surface area contributed by atoms with Crippen molar-refractivity contribution in [1.29, 1.82) is 0 Å². The second-order valence-corrected chi connectivity index (χ2v) is 2.83. The topological polar surface area (TPSA) is 0 Å². The fourth-order valence-electron chi connectivity index (χ4n) is 0.902. The molecule has 0 nitrogen and oxygen atoms in total. The first kappa shape index (κ1) is 9.58. The molecule has 0 aliphatic rings. The number of hydrogen-bond acceptors (Lipinski definition) is 0. The summed E-state index contributed by atoms with van der Waals surface area (Å²) in [5.74, 6) is -2.10. The quantitative estimate of drug-likeness (QED) is 0.694. The first-order chi connectivity index (χ1) is 5.70. The largest absolute Gasteiger partial charge is 0.246 e. The van der Waals surface area contributed by atoms with Gasteiger partial charge in [-0.05, 0) is 11.6 Å². The van der Waals surface area contributed by atoms with Crippen LogP contribution in [0.3, 0.4) is 0 Å². The predicted molar refractivity (Wildman–Crippen MR) is 43.8 cm³/mol. The fraction of sp³-hybridized carbons (Fsp3) is 0.250. The highest BCUT2D eigenvalue weighted by molar-refractivity contribution is 9.08. The lowest BCUT2D eigenvalue weighted by molar-refractivity contribution is 0.439. The molecule has 0 heterocycles. The lowest BCUT2D eigenvalue weighted by Gasteiger charge is -2.04. The molecule has 1 aromatic rings. The lowest BCUT2D eigenvalue weighted by atomic mass is 10.1. The highest BCUT2D eigenvalue weighted by atomic mass is 79.9. The van der Waals surface area contributed by atoms with Crippen LogP contribution in [0.4, 0.5) is 13.2 Å². The molecule has 0 saturated heterocycles. The SMILES string of the molecule is FCc1c(CBr)ccc(F)c1F. The van der Waals surface area contributed by atoms with E-state index in [1.807, 2.05) is 0 Å². The van der Waals surface area contributed by atoms with E-state index in [2.05, 4.69) is 15.9 Å². The third kappa shape index (κ3) is 1.63. The molecular formula is C8H6BrF3. The van der Waals surface area contributed by atoms with E-state index >= 15 is 0 Å². The van der Waals surface area contributed by atoms with E-state index in [0.29, 0.717) is 10.9 Å². The molecule has 0 atom stereocenters. The number of hydrogen-bond donors (Lipinski definition) is 0. The highest BCUT2D eigenvalue weighted by Gasteiger charge is 2.11. The first-order valence-corrected chi connectivity index (χ1v) is 4.40. The number of alkyl halides is 2. The Morgan fingerprint density at radius 3 is 2.42 bits per heavy atom. The molecule has 0 radical (unpaired) electrons. The van der Waals surface area contributed by atoms with Crippen molar-refractivity contribution in [1.82, 2.24) is 0 Å². The zero-order valence-corrected chi connectivity index (χ0v) is 7.67. The summed E-state index contributed by atoms with van der Waals surface area (Å²) < 4.78 is 37.5. The third-order valence-corrected chi connectivity index (χ3v) is 2.17. The van der Waals surface area contributed by atoms with E-state index in [-0.39, 0.29) is 5.56 Å². The van der Waals surface area contributed by atoms with Crippen LogP contribution in [0.2, 0.25) is 0 Å². The van der Waals surface area contributed by atoms with Crippen molar-refractivity contribution in [3.05, 3.63) is 34.9 Å². The van der Waals surface area contributed by atoms with Gasteiger partial charge in [0.15, 0.2) is 11.6 Å². The van der Waals surface area contributed by atoms with Crippen molar-refractivity contribution >= 4 is 15.9 Å². The van der Waals surface area contributed by atoms with Gasteiger partial charge in [-0.1, -0.05) is 22.0 Å². The first-order valence-electron chi connectivity index (χ1n) is 3.28. The van der Waals surface area contributed by atoms with Gasteiger partial charge in [0, 0.05) is 10.9 Å². The van der Waals surface area contributed by atoms with E-state index in [0.717, 1.165) is 6.07 Å². The standard InChI is InChI=1S/C8H6BrF3/c9-3-5-1-2-7(11)8(12)6(5)4-10/h1-2H,3-4H2. The Bertz CT molecular complexity index is 286. The Balaban J connectivity index is 3.25. The Labute approximate surface area is 76.5 Å². The summed E-state index contributed by atoms with van der Waals surface area (Å²) in [7, 11) is 0. The van der Waals surface area contributed by atoms with Gasteiger partial charge in [0.25, 0.3) is 0 Å². The summed E-state index contributed by atoms with van der Waals surface area (Å²) in [5, 5.41) is 0.323. The highest BCUT2D eigenvalue weighted by Crippen LogP contribution is 2.19. The smallest absolute Gasteiger partial charge is 0.164 e. The van der Waals surface area contributed by atoms with Crippen LogP contribution in [0, 0.1) is 11.6 Å². The van der Waals surface area contributed by atoms with Crippen LogP contribution in [0.5, 0.6) is 0 Å². The molecular weight excluding hydrogens is 233 g/mol. The van der Waals surface area contributed by atoms with Crippen LogP contribution in [-0.2, 0) is 12.0 Å². The number of benzene rings is 1. The van der Waals surface area contributed by atoms with Crippen molar-refractivity contribution in [3.8, 4) is 0 Å². The Kier molecular flexibility index (Phi) is 3.14. The van der Waals surface area contributed by atoms with E-state index < -0.39 is 18.3 Å². The van der Waals surface area contributed by atoms with Crippen LogP contribution < -0.4 is 0 Å². The average molecular weight is 239 g/mol. The zero-order chi connectivity index (χ0) is 9.14. The van der Waals surface area contributed by atoms with Gasteiger partial charge in [0.1, 0.15) is 6.67 Å². The van der Waals surface area contributed by atoms with E-state index in [9.17, 15) is 13.2 Å². The van der Waals surface area contributed by atoms with Crippen LogP contribution in [-0.4, -0.2) is 0 Å². The molecule has 0 N–H and O–H groups in total. The van der Waals surface area contributed by atoms with Gasteiger partial charge in [0.2, 0.25) is 0 Å². The van der Waals surface area contributed by atoms with Crippen LogP contribution in [0.1, 0.15) is 11.1 Å². The van der Waals surface area contributed by atoms with Crippen LogP contribution in [0.25, 0.3) is 0 Å². The summed E-state index contributed by atoms with van der Waals surface area (Å²) >= 11 is 3.05. The molecule has 12 heavy (non-hydrogen) atoms. The van der Waals surface area contributed by atoms with Crippen molar-refractivity contribution in [2.45, 2.75) is 12.0 Å². The normalized spacial score (nSPS) is 10.3. The van der Waals surface area contributed by atoms with Gasteiger partial charge in [-0.25, -0.2) is 13.2 Å². The molecule has 4 heteroatoms. The molecule has 0 spiro atoms. The molecule has 0 aliphatic carbocycles. The summed E-state index contributed by atoms with van der Waals surface area (Å²) in [4.78, 5) is 0. The van der Waals surface area contributed by atoms with Gasteiger partial charge in [-0.2, -0.15) is 0 Å². The molecule has 0 aromatic heterocycles. The Morgan fingerprint density at radius 2 is 1.92 bits per heavy atom. The minimum Gasteiger partial charge on any atom is -0.246 e. The molecule has 0 unspecified atom stereocenters. The monoisotopic (exact) mass is 238 g/mol. The van der Waals surface area contributed by atoms with Gasteiger partial charge >= 0.3 is 0 Å². The predicted octanol–water partition coefficient (Wildman–Crippen LogP) is 3.33. The van der Waals surface area contributed by atoms with Gasteiger partial charge in [0.05, 0.1) is 0 Å². The van der Waals surface area contributed by atoms with Crippen molar-refractivity contribution in [2.24, 2.45) is 0 Å². The molecule has 66 valence electrons. The van der Waals surface area contributed by atoms with Crippen LogP contribution in [0.15, 0.2) is 12.1 Å². The van der Waals surface area contributed by atoms with E-state index in [1.54, 1.807) is 0 Å². The Hall–Kier alpha value is -0.510. The molecule has 1 rings (SSSR count). The van der Waals surface area contributed by atoms with Crippen molar-refractivity contribution in [2.75, 3.05) is 0 Å². The molecule has 0 saturated carbocycles. The lowest BCUT2D eigenvalue weighted by Crippen LogP contribution is -1.97. The second-order valence-electron chi connectivity index (χ2n) is 2.27. The van der Waals surface area contributed by atoms with E-state index in [1.165, 1.54) is 6.07 Å². The maximum atomic E-state index is 12.8. The molecule has 0 amide bonds. The van der Waals surface area contributed by atoms with E-state index in [4.69, 9.17) is 0 Å². The van der Waals surface area contributed by atoms with Gasteiger partial charge in [-0.15, -0.1) is 0 Å². The number of rotatable bonds is 2. The molecule has 1 aromatic carbocycles. The minimum atomic E-state index is -1.09. The second kappa shape index (κ2) is 3.94. The summed E-state index contributed by atoms with van der Waals surface area (Å²) in [6.45, 7) is -0.982. The van der Waals surface area contributed by atoms with Crippen molar-refractivity contribution in [3.63, 3.8) is 0 Å². The number of halogens is 4. The summed E-state index contributed by atoms with van der Waals surface area (Å²) in [5.41, 5.74) is 0.239. The minimum absolute atomic E-state index is 0.202. The van der Waals surface area contributed by atoms with Crippen LogP contribution >= 0.6 is 15.9 Å². The van der Waals surface area contributed by atoms with Crippen molar-refractivity contribution < 1.29 is 13.2 Å².